The summed E-state index contributed by atoms with van der Waals surface area (Å²) in [6.07, 6.45) is 2.13. The molecule has 158 valence electrons. The first-order valence-corrected chi connectivity index (χ1v) is 11.3. The zero-order valence-electron chi connectivity index (χ0n) is 16.4. The predicted octanol–water partition coefficient (Wildman–Crippen LogP) is 4.24. The van der Waals surface area contributed by atoms with Crippen LogP contribution in [0.3, 0.4) is 0 Å². The molecule has 0 aromatic heterocycles. The van der Waals surface area contributed by atoms with Crippen LogP contribution in [0.4, 0.5) is 10.1 Å². The lowest BCUT2D eigenvalue weighted by Crippen LogP contribution is -2.40. The molecule has 0 bridgehead atoms. The quantitative estimate of drug-likeness (QED) is 0.695. The highest BCUT2D eigenvalue weighted by Crippen LogP contribution is 2.37. The van der Waals surface area contributed by atoms with Gasteiger partial charge in [-0.25, -0.2) is 4.39 Å². The highest BCUT2D eigenvalue weighted by Gasteiger charge is 2.31. The maximum atomic E-state index is 14.6. The van der Waals surface area contributed by atoms with E-state index in [9.17, 15) is 14.0 Å². The van der Waals surface area contributed by atoms with Crippen LogP contribution < -0.4 is 10.6 Å². The van der Waals surface area contributed by atoms with Crippen molar-refractivity contribution in [1.82, 2.24) is 10.2 Å². The van der Waals surface area contributed by atoms with Crippen molar-refractivity contribution in [3.63, 3.8) is 0 Å². The van der Waals surface area contributed by atoms with Gasteiger partial charge in [-0.05, 0) is 50.2 Å². The summed E-state index contributed by atoms with van der Waals surface area (Å²) in [6.45, 7) is 1.92. The van der Waals surface area contributed by atoms with Crippen LogP contribution in [0.25, 0.3) is 0 Å². The molecule has 2 atom stereocenters. The molecule has 2 aliphatic rings. The summed E-state index contributed by atoms with van der Waals surface area (Å²) in [5, 5.41) is 5.62. The van der Waals surface area contributed by atoms with Crippen molar-refractivity contribution in [3.05, 3.63) is 58.9 Å². The molecule has 0 saturated carbocycles. The summed E-state index contributed by atoms with van der Waals surface area (Å²) in [7, 11) is 0. The van der Waals surface area contributed by atoms with Crippen LogP contribution in [-0.2, 0) is 9.59 Å². The number of carbonyl (C=O) groups is 2. The van der Waals surface area contributed by atoms with E-state index >= 15 is 0 Å². The van der Waals surface area contributed by atoms with Crippen LogP contribution in [0, 0.1) is 5.82 Å². The van der Waals surface area contributed by atoms with E-state index in [2.05, 4.69) is 15.5 Å². The molecule has 0 radical (unpaired) electrons. The Kier molecular flexibility index (Phi) is 6.61. The van der Waals surface area contributed by atoms with Crippen molar-refractivity contribution < 1.29 is 14.0 Å². The third kappa shape index (κ3) is 4.63. The fourth-order valence-electron chi connectivity index (χ4n) is 3.97. The Labute approximate surface area is 184 Å². The monoisotopic (exact) mass is 447 g/mol. The van der Waals surface area contributed by atoms with E-state index in [4.69, 9.17) is 11.6 Å². The molecule has 2 aliphatic heterocycles. The van der Waals surface area contributed by atoms with E-state index in [1.54, 1.807) is 12.1 Å². The van der Waals surface area contributed by atoms with Gasteiger partial charge in [0.05, 0.1) is 17.0 Å². The van der Waals surface area contributed by atoms with Gasteiger partial charge < -0.3 is 10.6 Å². The molecule has 4 rings (SSSR count). The number of hydrogen-bond donors (Lipinski definition) is 2. The molecule has 1 saturated heterocycles. The standard InChI is InChI=1S/C22H23ClFN3O2S/c23-14-6-5-7-15(24)21(14)17(27-10-3-4-11-27)13-25-20(28)12-19-22(29)26-16-8-1-2-9-18(16)30-19/h1-2,5-9,17,19H,3-4,10-13H2,(H,25,28)(H,26,29). The van der Waals surface area contributed by atoms with Crippen LogP contribution in [0.2, 0.25) is 5.02 Å². The number of rotatable bonds is 6. The van der Waals surface area contributed by atoms with Crippen LogP contribution in [0.1, 0.15) is 30.9 Å². The second-order valence-electron chi connectivity index (χ2n) is 7.49. The molecular weight excluding hydrogens is 425 g/mol. The number of nitrogens with one attached hydrogen (secondary N) is 2. The highest BCUT2D eigenvalue weighted by atomic mass is 35.5. The molecule has 2 amide bonds. The smallest absolute Gasteiger partial charge is 0.238 e. The topological polar surface area (TPSA) is 61.4 Å². The van der Waals surface area contributed by atoms with Crippen molar-refractivity contribution in [2.24, 2.45) is 0 Å². The van der Waals surface area contributed by atoms with Crippen molar-refractivity contribution in [2.45, 2.75) is 35.4 Å². The molecule has 0 spiro atoms. The number of thioether (sulfide) groups is 1. The van der Waals surface area contributed by atoms with E-state index in [0.717, 1.165) is 36.5 Å². The van der Waals surface area contributed by atoms with E-state index < -0.39 is 5.25 Å². The van der Waals surface area contributed by atoms with Gasteiger partial charge in [0, 0.05) is 28.4 Å². The average molecular weight is 448 g/mol. The number of anilines is 1. The van der Waals surface area contributed by atoms with Crippen LogP contribution in [0.15, 0.2) is 47.4 Å². The van der Waals surface area contributed by atoms with E-state index in [-0.39, 0.29) is 36.6 Å². The van der Waals surface area contributed by atoms with Gasteiger partial charge in [-0.2, -0.15) is 0 Å². The second kappa shape index (κ2) is 9.37. The lowest BCUT2D eigenvalue weighted by atomic mass is 10.0. The van der Waals surface area contributed by atoms with Crippen LogP contribution in [0.5, 0.6) is 0 Å². The van der Waals surface area contributed by atoms with Gasteiger partial charge in [0.2, 0.25) is 11.8 Å². The number of para-hydroxylation sites is 1. The largest absolute Gasteiger partial charge is 0.354 e. The molecule has 5 nitrogen and oxygen atoms in total. The Bertz CT molecular complexity index is 931. The van der Waals surface area contributed by atoms with Gasteiger partial charge in [-0.3, -0.25) is 14.5 Å². The minimum atomic E-state index is -0.498. The predicted molar refractivity (Wildman–Crippen MR) is 117 cm³/mol. The third-order valence-electron chi connectivity index (χ3n) is 5.48. The van der Waals surface area contributed by atoms with Crippen LogP contribution >= 0.6 is 23.4 Å². The van der Waals surface area contributed by atoms with Crippen LogP contribution in [-0.4, -0.2) is 41.6 Å². The summed E-state index contributed by atoms with van der Waals surface area (Å²) in [6, 6.07) is 11.8. The molecule has 2 unspecified atom stereocenters. The van der Waals surface area contributed by atoms with E-state index in [1.807, 2.05) is 24.3 Å². The normalized spacial score (nSPS) is 19.8. The highest BCUT2D eigenvalue weighted by molar-refractivity contribution is 8.01. The summed E-state index contributed by atoms with van der Waals surface area (Å²) in [4.78, 5) is 28.1. The minimum Gasteiger partial charge on any atom is -0.354 e. The lowest BCUT2D eigenvalue weighted by molar-refractivity contribution is -0.124. The number of likely N-dealkylation sites (tertiary alicyclic amines) is 1. The van der Waals surface area contributed by atoms with Gasteiger partial charge >= 0.3 is 0 Å². The molecule has 8 heteroatoms. The Balaban J connectivity index is 1.42. The molecule has 1 fully saturated rings. The third-order valence-corrected chi connectivity index (χ3v) is 7.09. The van der Waals surface area contributed by atoms with E-state index in [0.29, 0.717) is 10.6 Å². The molecule has 30 heavy (non-hydrogen) atoms. The summed E-state index contributed by atoms with van der Waals surface area (Å²) in [5.41, 5.74) is 1.19. The Morgan fingerprint density at radius 3 is 2.77 bits per heavy atom. The Morgan fingerprint density at radius 1 is 1.23 bits per heavy atom. The Morgan fingerprint density at radius 2 is 2.00 bits per heavy atom. The van der Waals surface area contributed by atoms with Gasteiger partial charge in [0.1, 0.15) is 5.82 Å². The molecule has 0 aliphatic carbocycles. The average Bonchev–Trinajstić information content (AvgIpc) is 3.25. The first-order valence-electron chi connectivity index (χ1n) is 10.0. The maximum Gasteiger partial charge on any atom is 0.238 e. The first kappa shape index (κ1) is 21.2. The fraction of sp³-hybridized carbons (Fsp3) is 0.364. The number of hydrogen-bond acceptors (Lipinski definition) is 4. The van der Waals surface area contributed by atoms with Gasteiger partial charge in [0.15, 0.2) is 0 Å². The minimum absolute atomic E-state index is 0.0581. The van der Waals surface area contributed by atoms with Crippen molar-refractivity contribution in [3.8, 4) is 0 Å². The lowest BCUT2D eigenvalue weighted by Gasteiger charge is -2.29. The van der Waals surface area contributed by atoms with Gasteiger partial charge in [-0.1, -0.05) is 29.8 Å². The molecular formula is C22H23ClFN3O2S. The second-order valence-corrected chi connectivity index (χ2v) is 9.15. The zero-order valence-corrected chi connectivity index (χ0v) is 17.9. The zero-order chi connectivity index (χ0) is 21.1. The molecule has 2 aromatic carbocycles. The number of benzene rings is 2. The first-order chi connectivity index (χ1) is 14.5. The maximum absolute atomic E-state index is 14.6. The Hall–Kier alpha value is -2.09. The summed E-state index contributed by atoms with van der Waals surface area (Å²) in [5.74, 6) is -0.784. The number of fused-ring (bicyclic) bond motifs is 1. The number of halogens is 2. The number of nitrogens with zero attached hydrogens (tertiary/aromatic N) is 1. The van der Waals surface area contributed by atoms with Crippen molar-refractivity contribution in [1.29, 1.82) is 0 Å². The SMILES string of the molecule is O=C(CC1Sc2ccccc2NC1=O)NCC(c1c(F)cccc1Cl)N1CCCC1. The van der Waals surface area contributed by atoms with Crippen molar-refractivity contribution >= 4 is 40.9 Å². The molecule has 2 heterocycles. The van der Waals surface area contributed by atoms with Crippen molar-refractivity contribution in [2.75, 3.05) is 25.0 Å². The fourth-order valence-corrected chi connectivity index (χ4v) is 5.37. The number of amides is 2. The van der Waals surface area contributed by atoms with Gasteiger partial charge in [-0.15, -0.1) is 11.8 Å². The summed E-state index contributed by atoms with van der Waals surface area (Å²) < 4.78 is 14.6. The van der Waals surface area contributed by atoms with E-state index in [1.165, 1.54) is 17.8 Å². The number of carbonyl (C=O) groups excluding carboxylic acids is 2. The molecule has 2 aromatic rings. The summed E-state index contributed by atoms with van der Waals surface area (Å²) >= 11 is 7.69. The van der Waals surface area contributed by atoms with Gasteiger partial charge in [0.25, 0.3) is 0 Å². The molecule has 2 N–H and O–H groups in total.